The third-order valence-corrected chi connectivity index (χ3v) is 2.15. The standard InChI is InChI=1S/C9H18N2O/c1-2-3-5-11-6-4-10-7-9(12)8-11/h10H,2-8H2,1H3. The van der Waals surface area contributed by atoms with Crippen molar-refractivity contribution >= 4 is 5.78 Å². The SMILES string of the molecule is CCCCN1CCNCC(=O)C1. The van der Waals surface area contributed by atoms with Gasteiger partial charge < -0.3 is 5.32 Å². The van der Waals surface area contributed by atoms with Crippen LogP contribution in [0.25, 0.3) is 0 Å². The van der Waals surface area contributed by atoms with Gasteiger partial charge in [-0.05, 0) is 13.0 Å². The first-order valence-electron chi connectivity index (χ1n) is 4.77. The Morgan fingerprint density at radius 1 is 1.58 bits per heavy atom. The van der Waals surface area contributed by atoms with E-state index in [2.05, 4.69) is 17.1 Å². The van der Waals surface area contributed by atoms with E-state index in [1.807, 2.05) is 0 Å². The Balaban J connectivity index is 2.26. The van der Waals surface area contributed by atoms with E-state index in [0.29, 0.717) is 18.9 Å². The van der Waals surface area contributed by atoms with E-state index in [0.717, 1.165) is 19.6 Å². The van der Waals surface area contributed by atoms with Crippen molar-refractivity contribution in [3.63, 3.8) is 0 Å². The van der Waals surface area contributed by atoms with Gasteiger partial charge in [0, 0.05) is 13.1 Å². The number of rotatable bonds is 3. The van der Waals surface area contributed by atoms with E-state index < -0.39 is 0 Å². The predicted molar refractivity (Wildman–Crippen MR) is 49.2 cm³/mol. The van der Waals surface area contributed by atoms with Crippen LogP contribution >= 0.6 is 0 Å². The van der Waals surface area contributed by atoms with Gasteiger partial charge in [-0.25, -0.2) is 0 Å². The molecule has 0 atom stereocenters. The monoisotopic (exact) mass is 170 g/mol. The summed E-state index contributed by atoms with van der Waals surface area (Å²) in [6.07, 6.45) is 2.41. The van der Waals surface area contributed by atoms with Crippen molar-refractivity contribution in [2.45, 2.75) is 19.8 Å². The molecule has 0 aliphatic carbocycles. The first kappa shape index (κ1) is 9.68. The van der Waals surface area contributed by atoms with Gasteiger partial charge >= 0.3 is 0 Å². The highest BCUT2D eigenvalue weighted by molar-refractivity contribution is 5.82. The average molecular weight is 170 g/mol. The minimum atomic E-state index is 0.323. The smallest absolute Gasteiger partial charge is 0.160 e. The van der Waals surface area contributed by atoms with Crippen LogP contribution in [-0.4, -0.2) is 43.4 Å². The van der Waals surface area contributed by atoms with Gasteiger partial charge in [0.05, 0.1) is 13.1 Å². The highest BCUT2D eigenvalue weighted by Gasteiger charge is 2.13. The van der Waals surface area contributed by atoms with E-state index in [1.54, 1.807) is 0 Å². The maximum absolute atomic E-state index is 11.2. The second-order valence-corrected chi connectivity index (χ2v) is 3.35. The summed E-state index contributed by atoms with van der Waals surface area (Å²) in [5, 5.41) is 3.11. The van der Waals surface area contributed by atoms with Crippen molar-refractivity contribution in [2.75, 3.05) is 32.7 Å². The highest BCUT2D eigenvalue weighted by Crippen LogP contribution is 1.96. The van der Waals surface area contributed by atoms with Gasteiger partial charge in [0.1, 0.15) is 0 Å². The molecule has 3 heteroatoms. The summed E-state index contributed by atoms with van der Waals surface area (Å²) in [6.45, 7) is 6.43. The maximum Gasteiger partial charge on any atom is 0.160 e. The molecule has 1 fully saturated rings. The lowest BCUT2D eigenvalue weighted by molar-refractivity contribution is -0.118. The summed E-state index contributed by atoms with van der Waals surface area (Å²) in [4.78, 5) is 13.4. The molecule has 70 valence electrons. The average Bonchev–Trinajstić information content (AvgIpc) is 2.26. The molecule has 1 rings (SSSR count). The Labute approximate surface area is 74.1 Å². The fraction of sp³-hybridized carbons (Fsp3) is 0.889. The van der Waals surface area contributed by atoms with Crippen molar-refractivity contribution in [3.05, 3.63) is 0 Å². The van der Waals surface area contributed by atoms with E-state index in [1.165, 1.54) is 12.8 Å². The first-order valence-corrected chi connectivity index (χ1v) is 4.77. The molecule has 0 unspecified atom stereocenters. The molecule has 0 bridgehead atoms. The van der Waals surface area contributed by atoms with Gasteiger partial charge in [0.2, 0.25) is 0 Å². The summed E-state index contributed by atoms with van der Waals surface area (Å²) in [6, 6.07) is 0. The Morgan fingerprint density at radius 2 is 2.42 bits per heavy atom. The molecule has 0 saturated carbocycles. The molecule has 0 aromatic rings. The third-order valence-electron chi connectivity index (χ3n) is 2.15. The lowest BCUT2D eigenvalue weighted by atomic mass is 10.3. The second-order valence-electron chi connectivity index (χ2n) is 3.35. The molecule has 0 aromatic carbocycles. The largest absolute Gasteiger partial charge is 0.309 e. The third kappa shape index (κ3) is 3.32. The van der Waals surface area contributed by atoms with Crippen molar-refractivity contribution in [1.29, 1.82) is 0 Å². The Hall–Kier alpha value is -0.410. The van der Waals surface area contributed by atoms with Gasteiger partial charge in [-0.1, -0.05) is 13.3 Å². The first-order chi connectivity index (χ1) is 5.83. The minimum absolute atomic E-state index is 0.323. The van der Waals surface area contributed by atoms with Crippen LogP contribution in [0.3, 0.4) is 0 Å². The molecule has 3 nitrogen and oxygen atoms in total. The molecule has 1 heterocycles. The molecule has 0 aromatic heterocycles. The molecule has 1 N–H and O–H groups in total. The van der Waals surface area contributed by atoms with Gasteiger partial charge in [0.15, 0.2) is 5.78 Å². The Bertz CT molecular complexity index is 147. The summed E-state index contributed by atoms with van der Waals surface area (Å²) in [5.74, 6) is 0.323. The van der Waals surface area contributed by atoms with Gasteiger partial charge in [-0.15, -0.1) is 0 Å². The molecule has 1 aliphatic rings. The van der Waals surface area contributed by atoms with Crippen molar-refractivity contribution in [3.8, 4) is 0 Å². The molecule has 1 aliphatic heterocycles. The van der Waals surface area contributed by atoms with Crippen molar-refractivity contribution < 1.29 is 4.79 Å². The fourth-order valence-electron chi connectivity index (χ4n) is 1.42. The van der Waals surface area contributed by atoms with Crippen LogP contribution in [-0.2, 0) is 4.79 Å². The number of hydrogen-bond donors (Lipinski definition) is 1. The second kappa shape index (κ2) is 5.27. The van der Waals surface area contributed by atoms with E-state index in [-0.39, 0.29) is 0 Å². The number of Topliss-reactive ketones (excluding diaryl/α,β-unsaturated/α-hetero) is 1. The zero-order chi connectivity index (χ0) is 8.81. The number of hydrogen-bond acceptors (Lipinski definition) is 3. The molecular weight excluding hydrogens is 152 g/mol. The predicted octanol–water partition coefficient (Wildman–Crippen LogP) is 0.261. The summed E-state index contributed by atoms with van der Waals surface area (Å²) < 4.78 is 0. The molecule has 0 radical (unpaired) electrons. The minimum Gasteiger partial charge on any atom is -0.309 e. The Kier molecular flexibility index (Phi) is 4.25. The van der Waals surface area contributed by atoms with Gasteiger partial charge in [0.25, 0.3) is 0 Å². The Morgan fingerprint density at radius 3 is 3.17 bits per heavy atom. The number of ketones is 1. The van der Waals surface area contributed by atoms with E-state index >= 15 is 0 Å². The van der Waals surface area contributed by atoms with Gasteiger partial charge in [-0.2, -0.15) is 0 Å². The number of carbonyl (C=O) groups is 1. The molecule has 0 spiro atoms. The number of unbranched alkanes of at least 4 members (excludes halogenated alkanes) is 1. The molecule has 0 amide bonds. The maximum atomic E-state index is 11.2. The zero-order valence-corrected chi connectivity index (χ0v) is 7.81. The van der Waals surface area contributed by atoms with Gasteiger partial charge in [-0.3, -0.25) is 9.69 Å². The highest BCUT2D eigenvalue weighted by atomic mass is 16.1. The summed E-state index contributed by atoms with van der Waals surface area (Å²) >= 11 is 0. The summed E-state index contributed by atoms with van der Waals surface area (Å²) in [5.41, 5.74) is 0. The fourth-order valence-corrected chi connectivity index (χ4v) is 1.42. The molecule has 1 saturated heterocycles. The van der Waals surface area contributed by atoms with Crippen LogP contribution in [0, 0.1) is 0 Å². The van der Waals surface area contributed by atoms with Crippen LogP contribution in [0.15, 0.2) is 0 Å². The molecule has 12 heavy (non-hydrogen) atoms. The normalized spacial score (nSPS) is 20.9. The summed E-state index contributed by atoms with van der Waals surface area (Å²) in [7, 11) is 0. The van der Waals surface area contributed by atoms with Crippen LogP contribution in [0.5, 0.6) is 0 Å². The zero-order valence-electron chi connectivity index (χ0n) is 7.81. The topological polar surface area (TPSA) is 32.3 Å². The van der Waals surface area contributed by atoms with Crippen LogP contribution in [0.2, 0.25) is 0 Å². The quantitative estimate of drug-likeness (QED) is 0.659. The van der Waals surface area contributed by atoms with Crippen molar-refractivity contribution in [1.82, 2.24) is 10.2 Å². The molecular formula is C9H18N2O. The number of carbonyl (C=O) groups excluding carboxylic acids is 1. The van der Waals surface area contributed by atoms with Crippen LogP contribution in [0.1, 0.15) is 19.8 Å². The van der Waals surface area contributed by atoms with E-state index in [9.17, 15) is 4.79 Å². The number of nitrogens with one attached hydrogen (secondary N) is 1. The van der Waals surface area contributed by atoms with Crippen LogP contribution < -0.4 is 5.32 Å². The lowest BCUT2D eigenvalue weighted by Crippen LogP contribution is -2.31. The van der Waals surface area contributed by atoms with Crippen LogP contribution in [0.4, 0.5) is 0 Å². The van der Waals surface area contributed by atoms with E-state index in [4.69, 9.17) is 0 Å². The lowest BCUT2D eigenvalue weighted by Gasteiger charge is -2.17. The number of nitrogens with zero attached hydrogens (tertiary/aromatic N) is 1. The van der Waals surface area contributed by atoms with Crippen molar-refractivity contribution in [2.24, 2.45) is 0 Å².